The monoisotopic (exact) mass is 388 g/mol. The predicted molar refractivity (Wildman–Crippen MR) is 103 cm³/mol. The SMILES string of the molecule is CC1COCCN1S(=O)(=O)c1cccc(C(=O)NCCc2ccccc2)c1. The number of benzene rings is 2. The maximum absolute atomic E-state index is 12.9. The maximum atomic E-state index is 12.9. The molecule has 1 heterocycles. The van der Waals surface area contributed by atoms with E-state index >= 15 is 0 Å². The van der Waals surface area contributed by atoms with Crippen LogP contribution in [0.1, 0.15) is 22.8 Å². The van der Waals surface area contributed by atoms with Gasteiger partial charge in [0.1, 0.15) is 0 Å². The number of morpholine rings is 1. The Morgan fingerprint density at radius 1 is 1.19 bits per heavy atom. The fraction of sp³-hybridized carbons (Fsp3) is 0.350. The fourth-order valence-corrected chi connectivity index (χ4v) is 4.72. The minimum absolute atomic E-state index is 0.131. The Labute approximate surface area is 160 Å². The molecule has 1 aliphatic rings. The van der Waals surface area contributed by atoms with Crippen LogP contribution in [-0.2, 0) is 21.2 Å². The van der Waals surface area contributed by atoms with Crippen LogP contribution >= 0.6 is 0 Å². The Kier molecular flexibility index (Phi) is 6.26. The Balaban J connectivity index is 1.68. The van der Waals surface area contributed by atoms with E-state index in [1.54, 1.807) is 12.1 Å². The van der Waals surface area contributed by atoms with Gasteiger partial charge in [-0.1, -0.05) is 36.4 Å². The van der Waals surface area contributed by atoms with Crippen molar-refractivity contribution in [3.63, 3.8) is 0 Å². The topological polar surface area (TPSA) is 75.7 Å². The quantitative estimate of drug-likeness (QED) is 0.822. The molecule has 1 fully saturated rings. The highest BCUT2D eigenvalue weighted by Crippen LogP contribution is 2.21. The number of carbonyl (C=O) groups is 1. The molecule has 27 heavy (non-hydrogen) atoms. The Bertz CT molecular complexity index is 884. The zero-order chi connectivity index (χ0) is 19.3. The lowest BCUT2D eigenvalue weighted by Crippen LogP contribution is -2.46. The van der Waals surface area contributed by atoms with Crippen LogP contribution in [-0.4, -0.2) is 51.0 Å². The molecule has 1 unspecified atom stereocenters. The van der Waals surface area contributed by atoms with E-state index in [-0.39, 0.29) is 16.8 Å². The van der Waals surface area contributed by atoms with Crippen molar-refractivity contribution in [1.29, 1.82) is 0 Å². The average Bonchev–Trinajstić information content (AvgIpc) is 2.69. The van der Waals surface area contributed by atoms with Crippen LogP contribution in [0.3, 0.4) is 0 Å². The number of ether oxygens (including phenoxy) is 1. The van der Waals surface area contributed by atoms with Gasteiger partial charge in [-0.25, -0.2) is 8.42 Å². The first kappa shape index (κ1) is 19.5. The third-order valence-corrected chi connectivity index (χ3v) is 6.56. The van der Waals surface area contributed by atoms with Crippen molar-refractivity contribution in [3.8, 4) is 0 Å². The molecule has 1 saturated heterocycles. The molecule has 1 N–H and O–H groups in total. The standard InChI is InChI=1S/C20H24N2O4S/c1-16-15-26-13-12-22(16)27(24,25)19-9-5-8-18(14-19)20(23)21-11-10-17-6-3-2-4-7-17/h2-9,14,16H,10-13,15H2,1H3,(H,21,23). The first-order valence-corrected chi connectivity index (χ1v) is 10.4. The molecule has 0 aromatic heterocycles. The number of amides is 1. The highest BCUT2D eigenvalue weighted by Gasteiger charge is 2.31. The van der Waals surface area contributed by atoms with Gasteiger partial charge in [-0.05, 0) is 37.1 Å². The lowest BCUT2D eigenvalue weighted by molar-refractivity contribution is 0.0392. The summed E-state index contributed by atoms with van der Waals surface area (Å²) in [4.78, 5) is 12.5. The predicted octanol–water partition coefficient (Wildman–Crippen LogP) is 2.07. The summed E-state index contributed by atoms with van der Waals surface area (Å²) in [5.41, 5.74) is 1.47. The van der Waals surface area contributed by atoms with Crippen LogP contribution in [0.4, 0.5) is 0 Å². The number of carbonyl (C=O) groups excluding carboxylic acids is 1. The molecule has 2 aromatic rings. The Morgan fingerprint density at radius 3 is 2.70 bits per heavy atom. The van der Waals surface area contributed by atoms with Crippen LogP contribution in [0.15, 0.2) is 59.5 Å². The Hall–Kier alpha value is -2.22. The smallest absolute Gasteiger partial charge is 0.251 e. The molecular weight excluding hydrogens is 364 g/mol. The first-order chi connectivity index (χ1) is 13.0. The van der Waals surface area contributed by atoms with Crippen molar-refractivity contribution in [3.05, 3.63) is 65.7 Å². The minimum atomic E-state index is -3.66. The largest absolute Gasteiger partial charge is 0.378 e. The van der Waals surface area contributed by atoms with Crippen molar-refractivity contribution in [2.24, 2.45) is 0 Å². The molecule has 1 atom stereocenters. The minimum Gasteiger partial charge on any atom is -0.378 e. The van der Waals surface area contributed by atoms with Crippen molar-refractivity contribution in [2.75, 3.05) is 26.3 Å². The van der Waals surface area contributed by atoms with Gasteiger partial charge in [-0.3, -0.25) is 4.79 Å². The summed E-state index contributed by atoms with van der Waals surface area (Å²) in [6, 6.07) is 15.8. The number of hydrogen-bond acceptors (Lipinski definition) is 4. The number of nitrogens with zero attached hydrogens (tertiary/aromatic N) is 1. The van der Waals surface area contributed by atoms with E-state index in [1.165, 1.54) is 16.4 Å². The second kappa shape index (κ2) is 8.65. The summed E-state index contributed by atoms with van der Waals surface area (Å²) in [5.74, 6) is -0.280. The number of sulfonamides is 1. The van der Waals surface area contributed by atoms with Crippen molar-refractivity contribution < 1.29 is 17.9 Å². The molecule has 7 heteroatoms. The van der Waals surface area contributed by atoms with Crippen LogP contribution in [0.2, 0.25) is 0 Å². The molecule has 1 aliphatic heterocycles. The van der Waals surface area contributed by atoms with Gasteiger partial charge < -0.3 is 10.1 Å². The molecule has 0 radical (unpaired) electrons. The average molecular weight is 388 g/mol. The first-order valence-electron chi connectivity index (χ1n) is 9.00. The molecule has 3 rings (SSSR count). The van der Waals surface area contributed by atoms with E-state index in [4.69, 9.17) is 4.74 Å². The fourth-order valence-electron chi connectivity index (χ4n) is 3.07. The van der Waals surface area contributed by atoms with Gasteiger partial charge in [0.05, 0.1) is 18.1 Å². The normalized spacial score (nSPS) is 18.2. The van der Waals surface area contributed by atoms with E-state index < -0.39 is 10.0 Å². The summed E-state index contributed by atoms with van der Waals surface area (Å²) in [6.07, 6.45) is 0.718. The zero-order valence-electron chi connectivity index (χ0n) is 15.3. The molecule has 0 bridgehead atoms. The van der Waals surface area contributed by atoms with E-state index in [9.17, 15) is 13.2 Å². The van der Waals surface area contributed by atoms with Crippen LogP contribution in [0.25, 0.3) is 0 Å². The molecule has 2 aromatic carbocycles. The summed E-state index contributed by atoms with van der Waals surface area (Å²) in [7, 11) is -3.66. The molecule has 1 amide bonds. The van der Waals surface area contributed by atoms with Gasteiger partial charge in [0, 0.05) is 24.7 Å². The summed E-state index contributed by atoms with van der Waals surface area (Å²) in [6.45, 7) is 3.37. The van der Waals surface area contributed by atoms with Gasteiger partial charge in [-0.15, -0.1) is 0 Å². The van der Waals surface area contributed by atoms with Gasteiger partial charge in [0.2, 0.25) is 10.0 Å². The van der Waals surface area contributed by atoms with E-state index in [2.05, 4.69) is 5.32 Å². The Morgan fingerprint density at radius 2 is 1.96 bits per heavy atom. The lowest BCUT2D eigenvalue weighted by Gasteiger charge is -2.32. The third kappa shape index (κ3) is 4.74. The summed E-state index contributed by atoms with van der Waals surface area (Å²) >= 11 is 0. The van der Waals surface area contributed by atoms with Crippen LogP contribution < -0.4 is 5.32 Å². The highest BCUT2D eigenvalue weighted by molar-refractivity contribution is 7.89. The van der Waals surface area contributed by atoms with E-state index in [0.29, 0.717) is 31.9 Å². The van der Waals surface area contributed by atoms with Crippen molar-refractivity contribution in [1.82, 2.24) is 9.62 Å². The molecule has 144 valence electrons. The summed E-state index contributed by atoms with van der Waals surface area (Å²) < 4.78 is 32.6. The molecule has 6 nitrogen and oxygen atoms in total. The van der Waals surface area contributed by atoms with Crippen molar-refractivity contribution in [2.45, 2.75) is 24.3 Å². The second-order valence-corrected chi connectivity index (χ2v) is 8.45. The van der Waals surface area contributed by atoms with Gasteiger partial charge in [0.25, 0.3) is 5.91 Å². The summed E-state index contributed by atoms with van der Waals surface area (Å²) in [5, 5.41) is 2.85. The third-order valence-electron chi connectivity index (χ3n) is 4.55. The maximum Gasteiger partial charge on any atom is 0.251 e. The number of nitrogens with one attached hydrogen (secondary N) is 1. The van der Waals surface area contributed by atoms with Crippen molar-refractivity contribution >= 4 is 15.9 Å². The molecule has 0 aliphatic carbocycles. The van der Waals surface area contributed by atoms with Crippen LogP contribution in [0, 0.1) is 0 Å². The van der Waals surface area contributed by atoms with E-state index in [0.717, 1.165) is 12.0 Å². The van der Waals surface area contributed by atoms with E-state index in [1.807, 2.05) is 37.3 Å². The number of hydrogen-bond donors (Lipinski definition) is 1. The highest BCUT2D eigenvalue weighted by atomic mass is 32.2. The van der Waals surface area contributed by atoms with Gasteiger partial charge in [-0.2, -0.15) is 4.31 Å². The second-order valence-electron chi connectivity index (χ2n) is 6.56. The zero-order valence-corrected chi connectivity index (χ0v) is 16.1. The number of rotatable bonds is 6. The van der Waals surface area contributed by atoms with Crippen LogP contribution in [0.5, 0.6) is 0 Å². The molecular formula is C20H24N2O4S. The molecule has 0 saturated carbocycles. The lowest BCUT2D eigenvalue weighted by atomic mass is 10.1. The molecule has 0 spiro atoms. The van der Waals surface area contributed by atoms with Gasteiger partial charge >= 0.3 is 0 Å². The van der Waals surface area contributed by atoms with Gasteiger partial charge in [0.15, 0.2) is 0 Å².